The Morgan fingerprint density at radius 2 is 1.56 bits per heavy atom. The van der Waals surface area contributed by atoms with Gasteiger partial charge in [-0.1, -0.05) is 50.3 Å². The fourth-order valence-electron chi connectivity index (χ4n) is 3.68. The van der Waals surface area contributed by atoms with Crippen LogP contribution in [-0.4, -0.2) is 43.1 Å². The van der Waals surface area contributed by atoms with E-state index in [1.165, 1.54) is 12.1 Å². The number of hydrogen-bond donors (Lipinski definition) is 1. The molecule has 25 heavy (non-hydrogen) atoms. The van der Waals surface area contributed by atoms with Crippen LogP contribution in [0, 0.1) is 0 Å². The highest BCUT2D eigenvalue weighted by atomic mass is 32.2. The molecule has 1 N–H and O–H groups in total. The van der Waals surface area contributed by atoms with E-state index in [2.05, 4.69) is 5.32 Å². The summed E-state index contributed by atoms with van der Waals surface area (Å²) in [5.74, 6) is -0.519. The Kier molecular flexibility index (Phi) is 5.13. The molecule has 0 radical (unpaired) electrons. The molecule has 1 aromatic carbocycles. The summed E-state index contributed by atoms with van der Waals surface area (Å²) in [7, 11) is -3.52. The number of carbonyl (C=O) groups excluding carboxylic acids is 2. The van der Waals surface area contributed by atoms with E-state index in [1.54, 1.807) is 18.2 Å². The number of nitrogens with zero attached hydrogens (tertiary/aromatic N) is 1. The second kappa shape index (κ2) is 7.15. The van der Waals surface area contributed by atoms with Crippen LogP contribution >= 0.6 is 0 Å². The maximum Gasteiger partial charge on any atom is 0.325 e. The van der Waals surface area contributed by atoms with E-state index < -0.39 is 21.4 Å². The summed E-state index contributed by atoms with van der Waals surface area (Å²) in [5, 5.41) is 2.86. The Morgan fingerprint density at radius 1 is 0.960 bits per heavy atom. The minimum Gasteiger partial charge on any atom is -0.323 e. The highest BCUT2D eigenvalue weighted by Gasteiger charge is 2.50. The summed E-state index contributed by atoms with van der Waals surface area (Å²) in [6.07, 6.45) is 6.38. The summed E-state index contributed by atoms with van der Waals surface area (Å²) in [5.41, 5.74) is -0.825. The highest BCUT2D eigenvalue weighted by molar-refractivity contribution is 7.91. The molecule has 1 heterocycles. The molecule has 136 valence electrons. The number of amides is 3. The van der Waals surface area contributed by atoms with Gasteiger partial charge in [0.15, 0.2) is 9.84 Å². The molecule has 1 saturated carbocycles. The number of urea groups is 1. The third-order valence-electron chi connectivity index (χ3n) is 5.14. The Balaban J connectivity index is 1.71. The largest absolute Gasteiger partial charge is 0.325 e. The van der Waals surface area contributed by atoms with Crippen LogP contribution in [0.2, 0.25) is 0 Å². The van der Waals surface area contributed by atoms with Gasteiger partial charge in [0, 0.05) is 6.54 Å². The molecule has 1 saturated heterocycles. The SMILES string of the molecule is O=C1NC2(CCCCCCC2)C(=O)N1CCS(=O)(=O)c1ccccc1. The van der Waals surface area contributed by atoms with Crippen LogP contribution in [0.1, 0.15) is 44.9 Å². The average Bonchev–Trinajstić information content (AvgIpc) is 2.81. The Labute approximate surface area is 148 Å². The molecule has 2 fully saturated rings. The van der Waals surface area contributed by atoms with Crippen molar-refractivity contribution in [3.05, 3.63) is 30.3 Å². The van der Waals surface area contributed by atoms with Crippen LogP contribution in [0.3, 0.4) is 0 Å². The fraction of sp³-hybridized carbons (Fsp3) is 0.556. The molecule has 2 aliphatic rings. The van der Waals surface area contributed by atoms with Crippen LogP contribution in [0.15, 0.2) is 35.2 Å². The first-order valence-electron chi connectivity index (χ1n) is 8.87. The fourth-order valence-corrected chi connectivity index (χ4v) is 4.91. The number of nitrogens with one attached hydrogen (secondary N) is 1. The van der Waals surface area contributed by atoms with E-state index in [9.17, 15) is 18.0 Å². The Morgan fingerprint density at radius 3 is 2.20 bits per heavy atom. The lowest BCUT2D eigenvalue weighted by Gasteiger charge is -2.28. The molecule has 0 atom stereocenters. The van der Waals surface area contributed by atoms with Gasteiger partial charge in [-0.15, -0.1) is 0 Å². The monoisotopic (exact) mass is 364 g/mol. The maximum atomic E-state index is 12.9. The van der Waals surface area contributed by atoms with E-state index >= 15 is 0 Å². The van der Waals surface area contributed by atoms with Crippen molar-refractivity contribution in [2.45, 2.75) is 55.4 Å². The van der Waals surface area contributed by atoms with Gasteiger partial charge in [-0.05, 0) is 25.0 Å². The first kappa shape index (κ1) is 17.9. The topological polar surface area (TPSA) is 83.6 Å². The number of sulfone groups is 1. The average molecular weight is 364 g/mol. The van der Waals surface area contributed by atoms with Gasteiger partial charge in [0.1, 0.15) is 5.54 Å². The quantitative estimate of drug-likeness (QED) is 0.832. The van der Waals surface area contributed by atoms with Crippen LogP contribution in [0.25, 0.3) is 0 Å². The van der Waals surface area contributed by atoms with Crippen molar-refractivity contribution >= 4 is 21.8 Å². The van der Waals surface area contributed by atoms with Gasteiger partial charge in [0.05, 0.1) is 10.6 Å². The van der Waals surface area contributed by atoms with Crippen LogP contribution < -0.4 is 5.32 Å². The predicted molar refractivity (Wildman–Crippen MR) is 93.8 cm³/mol. The number of hydrogen-bond acceptors (Lipinski definition) is 4. The number of benzene rings is 1. The zero-order valence-electron chi connectivity index (χ0n) is 14.2. The molecule has 6 nitrogen and oxygen atoms in total. The van der Waals surface area contributed by atoms with Gasteiger partial charge >= 0.3 is 6.03 Å². The van der Waals surface area contributed by atoms with Crippen molar-refractivity contribution in [2.75, 3.05) is 12.3 Å². The van der Waals surface area contributed by atoms with Gasteiger partial charge in [-0.3, -0.25) is 9.69 Å². The first-order valence-corrected chi connectivity index (χ1v) is 10.5. The lowest BCUT2D eigenvalue weighted by atomic mass is 9.84. The molecule has 1 aliphatic heterocycles. The molecule has 3 amide bonds. The summed E-state index contributed by atoms with van der Waals surface area (Å²) in [6, 6.07) is 7.65. The molecule has 7 heteroatoms. The molecule has 0 aromatic heterocycles. The molecule has 1 spiro atoms. The molecular formula is C18H24N2O4S. The van der Waals surface area contributed by atoms with E-state index in [-0.39, 0.29) is 23.1 Å². The van der Waals surface area contributed by atoms with E-state index in [0.717, 1.165) is 37.0 Å². The number of carbonyl (C=O) groups is 2. The van der Waals surface area contributed by atoms with E-state index in [1.807, 2.05) is 0 Å². The number of rotatable bonds is 4. The minimum absolute atomic E-state index is 0.107. The third-order valence-corrected chi connectivity index (χ3v) is 6.85. The van der Waals surface area contributed by atoms with Crippen LogP contribution in [0.4, 0.5) is 4.79 Å². The molecule has 1 aromatic rings. The maximum absolute atomic E-state index is 12.9. The number of imide groups is 1. The second-order valence-electron chi connectivity index (χ2n) is 6.87. The Bertz CT molecular complexity index is 738. The summed E-state index contributed by atoms with van der Waals surface area (Å²) in [4.78, 5) is 26.5. The highest BCUT2D eigenvalue weighted by Crippen LogP contribution is 2.32. The predicted octanol–water partition coefficient (Wildman–Crippen LogP) is 2.50. The third kappa shape index (κ3) is 3.71. The van der Waals surface area contributed by atoms with Crippen molar-refractivity contribution in [3.8, 4) is 0 Å². The van der Waals surface area contributed by atoms with Gasteiger partial charge in [0.25, 0.3) is 5.91 Å². The summed E-state index contributed by atoms with van der Waals surface area (Å²) < 4.78 is 24.8. The molecule has 1 aliphatic carbocycles. The van der Waals surface area contributed by atoms with Crippen molar-refractivity contribution in [3.63, 3.8) is 0 Å². The van der Waals surface area contributed by atoms with Gasteiger partial charge in [-0.25, -0.2) is 13.2 Å². The summed E-state index contributed by atoms with van der Waals surface area (Å²) in [6.45, 7) is -0.107. The lowest BCUT2D eigenvalue weighted by molar-refractivity contribution is -0.131. The zero-order valence-corrected chi connectivity index (χ0v) is 15.1. The molecule has 3 rings (SSSR count). The van der Waals surface area contributed by atoms with Crippen molar-refractivity contribution in [2.24, 2.45) is 0 Å². The normalized spacial score (nSPS) is 21.0. The minimum atomic E-state index is -3.52. The molecule has 0 unspecified atom stereocenters. The van der Waals surface area contributed by atoms with Crippen molar-refractivity contribution < 1.29 is 18.0 Å². The van der Waals surface area contributed by atoms with Crippen molar-refractivity contribution in [1.82, 2.24) is 10.2 Å². The standard InChI is InChI=1S/C18H24N2O4S/c21-16-18(11-7-2-1-3-8-12-18)19-17(22)20(16)13-14-25(23,24)15-9-5-4-6-10-15/h4-6,9-10H,1-3,7-8,11-14H2,(H,19,22). The van der Waals surface area contributed by atoms with Gasteiger partial charge in [-0.2, -0.15) is 0 Å². The van der Waals surface area contributed by atoms with Crippen LogP contribution in [-0.2, 0) is 14.6 Å². The van der Waals surface area contributed by atoms with E-state index in [4.69, 9.17) is 0 Å². The van der Waals surface area contributed by atoms with Gasteiger partial charge < -0.3 is 5.32 Å². The lowest BCUT2D eigenvalue weighted by Crippen LogP contribution is -2.47. The smallest absolute Gasteiger partial charge is 0.323 e. The van der Waals surface area contributed by atoms with Crippen LogP contribution in [0.5, 0.6) is 0 Å². The zero-order chi connectivity index (χ0) is 17.9. The van der Waals surface area contributed by atoms with Crippen molar-refractivity contribution in [1.29, 1.82) is 0 Å². The summed E-state index contributed by atoms with van der Waals surface area (Å²) >= 11 is 0. The molecular weight excluding hydrogens is 340 g/mol. The van der Waals surface area contributed by atoms with E-state index in [0.29, 0.717) is 12.8 Å². The second-order valence-corrected chi connectivity index (χ2v) is 8.98. The van der Waals surface area contributed by atoms with Gasteiger partial charge in [0.2, 0.25) is 0 Å². The first-order chi connectivity index (χ1) is 11.9. The molecule has 0 bridgehead atoms. The Hall–Kier alpha value is -1.89.